The lowest BCUT2D eigenvalue weighted by molar-refractivity contribution is 0.413. The summed E-state index contributed by atoms with van der Waals surface area (Å²) in [4.78, 5) is 2.22. The molecule has 0 heterocycles. The predicted molar refractivity (Wildman–Crippen MR) is 85.9 cm³/mol. The average molecular weight is 308 g/mol. The van der Waals surface area contributed by atoms with E-state index < -0.39 is 0 Å². The first-order chi connectivity index (χ1) is 9.74. The summed E-state index contributed by atoms with van der Waals surface area (Å²) in [6.45, 7) is 3.86. The Morgan fingerprint density at radius 2 is 2.00 bits per heavy atom. The molecule has 2 aromatic rings. The fourth-order valence-corrected chi connectivity index (χ4v) is 3.15. The molecular formula is C16H18ClNOS. The second kappa shape index (κ2) is 7.58. The molecular weight excluding hydrogens is 290 g/mol. The van der Waals surface area contributed by atoms with Crippen molar-refractivity contribution < 1.29 is 4.74 Å². The Kier molecular flexibility index (Phi) is 5.77. The van der Waals surface area contributed by atoms with E-state index in [-0.39, 0.29) is 0 Å². The van der Waals surface area contributed by atoms with Crippen molar-refractivity contribution in [2.24, 2.45) is 0 Å². The molecule has 0 spiro atoms. The molecule has 2 rings (SSSR count). The van der Waals surface area contributed by atoms with Crippen molar-refractivity contribution in [3.05, 3.63) is 53.1 Å². The highest BCUT2D eigenvalue weighted by molar-refractivity contribution is 7.99. The van der Waals surface area contributed by atoms with Crippen LogP contribution < -0.4 is 10.1 Å². The van der Waals surface area contributed by atoms with Gasteiger partial charge in [-0.05, 0) is 36.4 Å². The maximum Gasteiger partial charge on any atom is 0.119 e. The topological polar surface area (TPSA) is 21.3 Å². The van der Waals surface area contributed by atoms with Gasteiger partial charge in [0.2, 0.25) is 0 Å². The maximum atomic E-state index is 6.35. The number of rotatable bonds is 6. The van der Waals surface area contributed by atoms with Gasteiger partial charge in [0.25, 0.3) is 0 Å². The molecule has 0 aromatic heterocycles. The highest BCUT2D eigenvalue weighted by atomic mass is 35.5. The van der Waals surface area contributed by atoms with Crippen molar-refractivity contribution in [1.82, 2.24) is 5.32 Å². The van der Waals surface area contributed by atoms with Crippen LogP contribution in [0.2, 0.25) is 5.02 Å². The van der Waals surface area contributed by atoms with Gasteiger partial charge >= 0.3 is 0 Å². The van der Waals surface area contributed by atoms with Crippen LogP contribution in [0.5, 0.6) is 5.75 Å². The monoisotopic (exact) mass is 307 g/mol. The fourth-order valence-electron chi connectivity index (χ4n) is 1.85. The highest BCUT2D eigenvalue weighted by Gasteiger charge is 2.09. The lowest BCUT2D eigenvalue weighted by atomic mass is 10.2. The number of methoxy groups -OCH3 is 1. The quantitative estimate of drug-likeness (QED) is 0.842. The van der Waals surface area contributed by atoms with Crippen molar-refractivity contribution >= 4 is 23.4 Å². The molecule has 0 fully saturated rings. The van der Waals surface area contributed by atoms with E-state index >= 15 is 0 Å². The molecule has 0 aliphatic heterocycles. The minimum atomic E-state index is 0.785. The van der Waals surface area contributed by atoms with Crippen molar-refractivity contribution in [3.8, 4) is 5.75 Å². The summed E-state index contributed by atoms with van der Waals surface area (Å²) < 4.78 is 5.26. The van der Waals surface area contributed by atoms with Crippen molar-refractivity contribution in [2.45, 2.75) is 23.3 Å². The average Bonchev–Trinajstić information content (AvgIpc) is 2.48. The lowest BCUT2D eigenvalue weighted by Gasteiger charge is -2.12. The highest BCUT2D eigenvalue weighted by Crippen LogP contribution is 2.37. The van der Waals surface area contributed by atoms with Crippen LogP contribution in [-0.2, 0) is 6.54 Å². The molecule has 106 valence electrons. The number of hydrogen-bond acceptors (Lipinski definition) is 3. The van der Waals surface area contributed by atoms with Crippen LogP contribution in [0.4, 0.5) is 0 Å². The van der Waals surface area contributed by atoms with Crippen LogP contribution in [0.3, 0.4) is 0 Å². The van der Waals surface area contributed by atoms with Gasteiger partial charge in [-0.15, -0.1) is 0 Å². The number of ether oxygens (including phenoxy) is 1. The molecule has 2 nitrogen and oxygen atoms in total. The number of hydrogen-bond donors (Lipinski definition) is 1. The first-order valence-corrected chi connectivity index (χ1v) is 7.74. The van der Waals surface area contributed by atoms with Crippen molar-refractivity contribution in [3.63, 3.8) is 0 Å². The SMILES string of the molecule is CCNCc1cccc(Cl)c1Sc1cccc(OC)c1. The Hall–Kier alpha value is -1.16. The zero-order valence-corrected chi connectivity index (χ0v) is 13.2. The number of benzene rings is 2. The normalized spacial score (nSPS) is 10.6. The first-order valence-electron chi connectivity index (χ1n) is 6.54. The Morgan fingerprint density at radius 3 is 2.75 bits per heavy atom. The molecule has 0 aliphatic carbocycles. The molecule has 2 aromatic carbocycles. The molecule has 0 saturated heterocycles. The van der Waals surface area contributed by atoms with Crippen LogP contribution in [-0.4, -0.2) is 13.7 Å². The van der Waals surface area contributed by atoms with Gasteiger partial charge in [-0.1, -0.05) is 48.5 Å². The molecule has 0 amide bonds. The first kappa shape index (κ1) is 15.2. The minimum absolute atomic E-state index is 0.785. The van der Waals surface area contributed by atoms with Gasteiger partial charge in [-0.25, -0.2) is 0 Å². The van der Waals surface area contributed by atoms with E-state index in [0.717, 1.165) is 33.7 Å². The van der Waals surface area contributed by atoms with Gasteiger partial charge in [0.1, 0.15) is 5.75 Å². The van der Waals surface area contributed by atoms with Crippen LogP contribution in [0.15, 0.2) is 52.3 Å². The standard InChI is InChI=1S/C16H18ClNOS/c1-3-18-11-12-6-4-9-15(17)16(12)20-14-8-5-7-13(10-14)19-2/h4-10,18H,3,11H2,1-2H3. The Balaban J connectivity index is 2.27. The van der Waals surface area contributed by atoms with Crippen LogP contribution in [0, 0.1) is 0 Å². The van der Waals surface area contributed by atoms with E-state index in [1.165, 1.54) is 5.56 Å². The third-order valence-electron chi connectivity index (χ3n) is 2.88. The van der Waals surface area contributed by atoms with E-state index in [9.17, 15) is 0 Å². The summed E-state index contributed by atoms with van der Waals surface area (Å²) in [7, 11) is 1.68. The van der Waals surface area contributed by atoms with E-state index in [2.05, 4.69) is 24.4 Å². The van der Waals surface area contributed by atoms with Crippen LogP contribution in [0.25, 0.3) is 0 Å². The van der Waals surface area contributed by atoms with Gasteiger partial charge < -0.3 is 10.1 Å². The third-order valence-corrected chi connectivity index (χ3v) is 4.48. The van der Waals surface area contributed by atoms with Gasteiger partial charge in [-0.3, -0.25) is 0 Å². The van der Waals surface area contributed by atoms with Gasteiger partial charge in [0.05, 0.1) is 12.1 Å². The lowest BCUT2D eigenvalue weighted by Crippen LogP contribution is -2.12. The zero-order valence-electron chi connectivity index (χ0n) is 11.7. The van der Waals surface area contributed by atoms with Crippen LogP contribution >= 0.6 is 23.4 Å². The van der Waals surface area contributed by atoms with Gasteiger partial charge in [0.15, 0.2) is 0 Å². The van der Waals surface area contributed by atoms with E-state index in [1.807, 2.05) is 30.3 Å². The fraction of sp³-hybridized carbons (Fsp3) is 0.250. The summed E-state index contributed by atoms with van der Waals surface area (Å²) in [6.07, 6.45) is 0. The Labute approximate surface area is 129 Å². The maximum absolute atomic E-state index is 6.35. The van der Waals surface area contributed by atoms with Crippen LogP contribution in [0.1, 0.15) is 12.5 Å². The third kappa shape index (κ3) is 3.92. The zero-order chi connectivity index (χ0) is 14.4. The second-order valence-electron chi connectivity index (χ2n) is 4.29. The molecule has 0 bridgehead atoms. The Morgan fingerprint density at radius 1 is 1.20 bits per heavy atom. The minimum Gasteiger partial charge on any atom is -0.497 e. The predicted octanol–water partition coefficient (Wildman–Crippen LogP) is 4.61. The summed E-state index contributed by atoms with van der Waals surface area (Å²) in [5, 5.41) is 4.13. The molecule has 4 heteroatoms. The van der Waals surface area contributed by atoms with E-state index in [0.29, 0.717) is 0 Å². The summed E-state index contributed by atoms with van der Waals surface area (Å²) in [6, 6.07) is 14.0. The molecule has 0 aliphatic rings. The second-order valence-corrected chi connectivity index (χ2v) is 5.78. The molecule has 0 atom stereocenters. The summed E-state index contributed by atoms with van der Waals surface area (Å²) in [5.74, 6) is 0.857. The van der Waals surface area contributed by atoms with Crippen molar-refractivity contribution in [1.29, 1.82) is 0 Å². The summed E-state index contributed by atoms with van der Waals surface area (Å²) >= 11 is 8.02. The smallest absolute Gasteiger partial charge is 0.119 e. The summed E-state index contributed by atoms with van der Waals surface area (Å²) in [5.41, 5.74) is 1.21. The largest absolute Gasteiger partial charge is 0.497 e. The number of halogens is 1. The number of nitrogens with one attached hydrogen (secondary N) is 1. The van der Waals surface area contributed by atoms with Gasteiger partial charge in [-0.2, -0.15) is 0 Å². The molecule has 20 heavy (non-hydrogen) atoms. The van der Waals surface area contributed by atoms with Gasteiger partial charge in [0, 0.05) is 16.3 Å². The Bertz CT molecular complexity index is 574. The molecule has 0 saturated carbocycles. The van der Waals surface area contributed by atoms with E-state index in [1.54, 1.807) is 18.9 Å². The molecule has 1 N–H and O–H groups in total. The van der Waals surface area contributed by atoms with Crippen molar-refractivity contribution in [2.75, 3.05) is 13.7 Å². The molecule has 0 radical (unpaired) electrons. The molecule has 0 unspecified atom stereocenters. The van der Waals surface area contributed by atoms with E-state index in [4.69, 9.17) is 16.3 Å².